The van der Waals surface area contributed by atoms with Crippen LogP contribution in [0.25, 0.3) is 0 Å². The van der Waals surface area contributed by atoms with Gasteiger partial charge in [-0.25, -0.2) is 0 Å². The molecule has 0 N–H and O–H groups in total. The molecule has 0 unspecified atom stereocenters. The topological polar surface area (TPSA) is 38.7 Å². The third kappa shape index (κ3) is 1.99. The third-order valence-electron chi connectivity index (χ3n) is 2.06. The van der Waals surface area contributed by atoms with Crippen LogP contribution in [-0.4, -0.2) is 24.3 Å². The Balaban J connectivity index is 1.87. The molecule has 0 bridgehead atoms. The second kappa shape index (κ2) is 3.62. The average molecular weight is 189 g/mol. The summed E-state index contributed by atoms with van der Waals surface area (Å²) in [5.74, 6) is -0.250. The summed E-state index contributed by atoms with van der Waals surface area (Å²) in [5.41, 5.74) is 2.15. The van der Waals surface area contributed by atoms with E-state index in [0.29, 0.717) is 6.61 Å². The van der Waals surface area contributed by atoms with Gasteiger partial charge in [-0.1, -0.05) is 30.3 Å². The van der Waals surface area contributed by atoms with E-state index in [1.54, 1.807) is 0 Å². The number of carbonyl (C=O) groups excluding carboxylic acids is 1. The molecule has 1 atom stereocenters. The van der Waals surface area contributed by atoms with E-state index in [1.807, 2.05) is 30.3 Å². The SMILES string of the molecule is CC(=O)OC[C@@H]1N=C1c1ccccc1. The molecule has 1 heterocycles. The first-order chi connectivity index (χ1) is 6.77. The lowest BCUT2D eigenvalue weighted by Crippen LogP contribution is -2.11. The summed E-state index contributed by atoms with van der Waals surface area (Å²) in [6, 6.07) is 10.0. The van der Waals surface area contributed by atoms with Crippen molar-refractivity contribution in [1.82, 2.24) is 0 Å². The Labute approximate surface area is 82.4 Å². The van der Waals surface area contributed by atoms with Crippen LogP contribution < -0.4 is 0 Å². The highest BCUT2D eigenvalue weighted by Gasteiger charge is 2.29. The maximum absolute atomic E-state index is 10.5. The highest BCUT2D eigenvalue weighted by Crippen LogP contribution is 2.19. The van der Waals surface area contributed by atoms with E-state index in [4.69, 9.17) is 4.74 Å². The largest absolute Gasteiger partial charge is 0.463 e. The second-order valence-corrected chi connectivity index (χ2v) is 3.20. The van der Waals surface area contributed by atoms with Gasteiger partial charge in [-0.3, -0.25) is 9.79 Å². The average Bonchev–Trinajstić information content (AvgIpc) is 2.95. The lowest BCUT2D eigenvalue weighted by Gasteiger charge is -1.98. The Morgan fingerprint density at radius 3 is 2.79 bits per heavy atom. The lowest BCUT2D eigenvalue weighted by molar-refractivity contribution is -0.140. The molecular formula is C11H11NO2. The molecule has 0 saturated heterocycles. The smallest absolute Gasteiger partial charge is 0.302 e. The molecule has 0 saturated carbocycles. The highest BCUT2D eigenvalue weighted by molar-refractivity contribution is 6.13. The van der Waals surface area contributed by atoms with Crippen LogP contribution in [0.5, 0.6) is 0 Å². The molecule has 0 spiro atoms. The Morgan fingerprint density at radius 1 is 1.43 bits per heavy atom. The first-order valence-electron chi connectivity index (χ1n) is 4.54. The molecule has 0 radical (unpaired) electrons. The van der Waals surface area contributed by atoms with Crippen molar-refractivity contribution in [3.63, 3.8) is 0 Å². The van der Waals surface area contributed by atoms with E-state index in [1.165, 1.54) is 6.92 Å². The minimum absolute atomic E-state index is 0.0845. The van der Waals surface area contributed by atoms with Crippen molar-refractivity contribution >= 4 is 11.7 Å². The van der Waals surface area contributed by atoms with Crippen molar-refractivity contribution in [1.29, 1.82) is 0 Å². The van der Waals surface area contributed by atoms with Gasteiger partial charge in [0.25, 0.3) is 0 Å². The van der Waals surface area contributed by atoms with Crippen LogP contribution in [0.4, 0.5) is 0 Å². The predicted molar refractivity (Wildman–Crippen MR) is 53.4 cm³/mol. The molecule has 3 heteroatoms. The van der Waals surface area contributed by atoms with Gasteiger partial charge in [0.15, 0.2) is 0 Å². The number of hydrogen-bond acceptors (Lipinski definition) is 3. The quantitative estimate of drug-likeness (QED) is 0.674. The maximum Gasteiger partial charge on any atom is 0.302 e. The third-order valence-corrected chi connectivity index (χ3v) is 2.06. The fraction of sp³-hybridized carbons (Fsp3) is 0.273. The Kier molecular flexibility index (Phi) is 2.31. The molecule has 0 aromatic heterocycles. The second-order valence-electron chi connectivity index (χ2n) is 3.20. The zero-order chi connectivity index (χ0) is 9.97. The molecule has 0 amide bonds. The number of benzene rings is 1. The van der Waals surface area contributed by atoms with Crippen LogP contribution in [0.15, 0.2) is 35.3 Å². The van der Waals surface area contributed by atoms with E-state index in [0.717, 1.165) is 11.3 Å². The summed E-state index contributed by atoms with van der Waals surface area (Å²) in [6.07, 6.45) is 0. The fourth-order valence-corrected chi connectivity index (χ4v) is 1.32. The molecule has 2 rings (SSSR count). The number of rotatable bonds is 3. The molecule has 1 aliphatic rings. The standard InChI is InChI=1S/C11H11NO2/c1-8(13)14-7-10-11(12-10)9-5-3-2-4-6-9/h2-6,10H,7H2,1H3/t10-/m0/s1. The van der Waals surface area contributed by atoms with Crippen molar-refractivity contribution in [3.05, 3.63) is 35.9 Å². The van der Waals surface area contributed by atoms with Crippen LogP contribution in [0.3, 0.4) is 0 Å². The van der Waals surface area contributed by atoms with Gasteiger partial charge in [0, 0.05) is 6.92 Å². The number of ether oxygens (including phenoxy) is 1. The zero-order valence-electron chi connectivity index (χ0n) is 7.93. The van der Waals surface area contributed by atoms with Gasteiger partial charge < -0.3 is 4.74 Å². The van der Waals surface area contributed by atoms with Crippen molar-refractivity contribution < 1.29 is 9.53 Å². The van der Waals surface area contributed by atoms with Crippen molar-refractivity contribution in [2.75, 3.05) is 6.61 Å². The summed E-state index contributed by atoms with van der Waals surface area (Å²) < 4.78 is 4.86. The molecule has 0 fully saturated rings. The van der Waals surface area contributed by atoms with Crippen LogP contribution >= 0.6 is 0 Å². The monoisotopic (exact) mass is 189 g/mol. The van der Waals surface area contributed by atoms with Gasteiger partial charge in [-0.15, -0.1) is 0 Å². The summed E-state index contributed by atoms with van der Waals surface area (Å²) in [5, 5.41) is 0. The molecule has 3 nitrogen and oxygen atoms in total. The van der Waals surface area contributed by atoms with E-state index in [-0.39, 0.29) is 12.0 Å². The number of esters is 1. The summed E-state index contributed by atoms with van der Waals surface area (Å²) in [4.78, 5) is 14.8. The molecule has 1 aromatic carbocycles. The van der Waals surface area contributed by atoms with Gasteiger partial charge in [-0.05, 0) is 5.56 Å². The normalized spacial score (nSPS) is 18.6. The van der Waals surface area contributed by atoms with Gasteiger partial charge >= 0.3 is 5.97 Å². The Morgan fingerprint density at radius 2 is 2.14 bits per heavy atom. The van der Waals surface area contributed by atoms with E-state index >= 15 is 0 Å². The molecule has 1 aromatic rings. The first kappa shape index (κ1) is 8.94. The summed E-state index contributed by atoms with van der Waals surface area (Å²) in [7, 11) is 0. The molecule has 1 aliphatic heterocycles. The van der Waals surface area contributed by atoms with Gasteiger partial charge in [0.05, 0.1) is 5.71 Å². The summed E-state index contributed by atoms with van der Waals surface area (Å²) in [6.45, 7) is 1.78. The van der Waals surface area contributed by atoms with Crippen LogP contribution in [0.2, 0.25) is 0 Å². The fourth-order valence-electron chi connectivity index (χ4n) is 1.32. The van der Waals surface area contributed by atoms with Crippen LogP contribution in [-0.2, 0) is 9.53 Å². The van der Waals surface area contributed by atoms with Crippen molar-refractivity contribution in [2.45, 2.75) is 13.0 Å². The van der Waals surface area contributed by atoms with E-state index < -0.39 is 0 Å². The van der Waals surface area contributed by atoms with E-state index in [9.17, 15) is 4.79 Å². The minimum Gasteiger partial charge on any atom is -0.463 e. The first-order valence-corrected chi connectivity index (χ1v) is 4.54. The number of aliphatic imine (C=N–C) groups is 1. The maximum atomic E-state index is 10.5. The number of hydrogen-bond donors (Lipinski definition) is 0. The number of nitrogens with zero attached hydrogens (tertiary/aromatic N) is 1. The zero-order valence-corrected chi connectivity index (χ0v) is 7.93. The number of carbonyl (C=O) groups is 1. The highest BCUT2D eigenvalue weighted by atomic mass is 16.5. The molecule has 0 aliphatic carbocycles. The van der Waals surface area contributed by atoms with Crippen LogP contribution in [0.1, 0.15) is 12.5 Å². The van der Waals surface area contributed by atoms with Gasteiger partial charge in [0.1, 0.15) is 12.6 Å². The summed E-state index contributed by atoms with van der Waals surface area (Å²) >= 11 is 0. The van der Waals surface area contributed by atoms with Gasteiger partial charge in [0.2, 0.25) is 0 Å². The van der Waals surface area contributed by atoms with Crippen molar-refractivity contribution in [3.8, 4) is 0 Å². The predicted octanol–water partition coefficient (Wildman–Crippen LogP) is 1.42. The Hall–Kier alpha value is -1.64. The molecule has 14 heavy (non-hydrogen) atoms. The molecule has 72 valence electrons. The van der Waals surface area contributed by atoms with Gasteiger partial charge in [-0.2, -0.15) is 0 Å². The lowest BCUT2D eigenvalue weighted by atomic mass is 10.1. The van der Waals surface area contributed by atoms with Crippen LogP contribution in [0, 0.1) is 0 Å². The van der Waals surface area contributed by atoms with Crippen molar-refractivity contribution in [2.24, 2.45) is 4.99 Å². The van der Waals surface area contributed by atoms with E-state index in [2.05, 4.69) is 4.99 Å². The molecular weight excluding hydrogens is 178 g/mol. The Bertz CT molecular complexity index is 370. The minimum atomic E-state index is -0.250.